The monoisotopic (exact) mass is 442 g/mol. The molecular weight excluding hydrogens is 404 g/mol. The van der Waals surface area contributed by atoms with Gasteiger partial charge in [-0.2, -0.15) is 0 Å². The summed E-state index contributed by atoms with van der Waals surface area (Å²) in [4.78, 5) is 14.9. The Morgan fingerprint density at radius 1 is 1.03 bits per heavy atom. The van der Waals surface area contributed by atoms with Crippen LogP contribution in [0.5, 0.6) is 11.5 Å². The summed E-state index contributed by atoms with van der Waals surface area (Å²) in [5.74, 6) is 3.46. The molecule has 1 aliphatic carbocycles. The van der Waals surface area contributed by atoms with Gasteiger partial charge in [-0.3, -0.25) is 4.79 Å². The molecule has 2 saturated heterocycles. The van der Waals surface area contributed by atoms with Gasteiger partial charge in [-0.15, -0.1) is 0 Å². The van der Waals surface area contributed by atoms with Gasteiger partial charge in [0.25, 0.3) is 0 Å². The smallest absolute Gasteiger partial charge is 0.231 e. The number of para-hydroxylation sites is 1. The minimum Gasteiger partial charge on any atom is -0.454 e. The van der Waals surface area contributed by atoms with Crippen molar-refractivity contribution in [3.05, 3.63) is 23.8 Å². The lowest BCUT2D eigenvalue weighted by atomic mass is 9.83. The number of likely N-dealkylation sites (tertiary alicyclic amines) is 1. The molecular formula is C26H38N2O4. The average Bonchev–Trinajstić information content (AvgIpc) is 3.51. The van der Waals surface area contributed by atoms with Gasteiger partial charge < -0.3 is 24.4 Å². The molecule has 5 rings (SSSR count). The molecule has 3 fully saturated rings. The minimum atomic E-state index is 0.152. The van der Waals surface area contributed by atoms with Crippen molar-refractivity contribution in [1.29, 1.82) is 0 Å². The summed E-state index contributed by atoms with van der Waals surface area (Å²) < 4.78 is 16.9. The van der Waals surface area contributed by atoms with E-state index in [1.807, 2.05) is 6.07 Å². The molecule has 1 amide bonds. The van der Waals surface area contributed by atoms with Crippen molar-refractivity contribution < 1.29 is 19.0 Å². The molecule has 1 aromatic rings. The highest BCUT2D eigenvalue weighted by molar-refractivity contribution is 5.76. The zero-order valence-electron chi connectivity index (χ0n) is 19.2. The predicted octanol–water partition coefficient (Wildman–Crippen LogP) is 4.23. The normalized spacial score (nSPS) is 28.7. The number of hydrogen-bond donors (Lipinski definition) is 1. The number of ether oxygens (including phenoxy) is 3. The molecule has 0 bridgehead atoms. The van der Waals surface area contributed by atoms with Gasteiger partial charge in [0.05, 0.1) is 12.5 Å². The van der Waals surface area contributed by atoms with E-state index in [4.69, 9.17) is 14.2 Å². The Labute approximate surface area is 192 Å². The van der Waals surface area contributed by atoms with Crippen molar-refractivity contribution in [2.24, 2.45) is 5.92 Å². The first-order valence-corrected chi connectivity index (χ1v) is 12.8. The van der Waals surface area contributed by atoms with E-state index in [1.165, 1.54) is 57.3 Å². The summed E-state index contributed by atoms with van der Waals surface area (Å²) in [6, 6.07) is 6.68. The van der Waals surface area contributed by atoms with Gasteiger partial charge in [0.2, 0.25) is 12.7 Å². The Hall–Kier alpha value is -1.79. The zero-order chi connectivity index (χ0) is 21.8. The van der Waals surface area contributed by atoms with Crippen LogP contribution in [-0.4, -0.2) is 56.0 Å². The van der Waals surface area contributed by atoms with Crippen LogP contribution in [-0.2, 0) is 9.53 Å². The number of piperidine rings is 1. The molecule has 176 valence electrons. The topological polar surface area (TPSA) is 60.0 Å². The molecule has 4 aliphatic rings. The maximum Gasteiger partial charge on any atom is 0.231 e. The largest absolute Gasteiger partial charge is 0.454 e. The highest BCUT2D eigenvalue weighted by Crippen LogP contribution is 2.42. The van der Waals surface area contributed by atoms with Gasteiger partial charge in [0.15, 0.2) is 11.5 Å². The lowest BCUT2D eigenvalue weighted by Crippen LogP contribution is -2.39. The van der Waals surface area contributed by atoms with E-state index >= 15 is 0 Å². The van der Waals surface area contributed by atoms with Crippen LogP contribution in [0.2, 0.25) is 0 Å². The molecule has 0 aromatic heterocycles. The predicted molar refractivity (Wildman–Crippen MR) is 123 cm³/mol. The Kier molecular flexibility index (Phi) is 7.18. The van der Waals surface area contributed by atoms with Gasteiger partial charge in [-0.25, -0.2) is 0 Å². The second-order valence-corrected chi connectivity index (χ2v) is 10.1. The van der Waals surface area contributed by atoms with Crippen LogP contribution in [0.3, 0.4) is 0 Å². The highest BCUT2D eigenvalue weighted by Gasteiger charge is 2.28. The molecule has 6 heteroatoms. The van der Waals surface area contributed by atoms with Crippen LogP contribution in [0.1, 0.15) is 75.7 Å². The molecule has 0 unspecified atom stereocenters. The fraction of sp³-hybridized carbons (Fsp3) is 0.731. The van der Waals surface area contributed by atoms with E-state index in [1.54, 1.807) is 0 Å². The Bertz CT molecular complexity index is 763. The van der Waals surface area contributed by atoms with E-state index in [-0.39, 0.29) is 12.0 Å². The van der Waals surface area contributed by atoms with Crippen LogP contribution in [0, 0.1) is 5.92 Å². The maximum absolute atomic E-state index is 12.3. The van der Waals surface area contributed by atoms with E-state index in [0.29, 0.717) is 25.2 Å². The number of rotatable bonds is 7. The second-order valence-electron chi connectivity index (χ2n) is 10.1. The molecule has 6 nitrogen and oxygen atoms in total. The summed E-state index contributed by atoms with van der Waals surface area (Å²) in [6.45, 7) is 4.72. The van der Waals surface area contributed by atoms with Crippen molar-refractivity contribution in [3.63, 3.8) is 0 Å². The third-order valence-corrected chi connectivity index (χ3v) is 7.96. The van der Waals surface area contributed by atoms with E-state index in [2.05, 4.69) is 22.3 Å². The van der Waals surface area contributed by atoms with Crippen molar-refractivity contribution in [1.82, 2.24) is 10.2 Å². The van der Waals surface area contributed by atoms with Gasteiger partial charge in [0, 0.05) is 18.2 Å². The average molecular weight is 443 g/mol. The molecule has 3 heterocycles. The molecule has 1 saturated carbocycles. The summed E-state index contributed by atoms with van der Waals surface area (Å²) in [5.41, 5.74) is 1.33. The third kappa shape index (κ3) is 5.40. The first kappa shape index (κ1) is 22.0. The lowest BCUT2D eigenvalue weighted by molar-refractivity contribution is -0.124. The number of fused-ring (bicyclic) bond motifs is 1. The molecule has 1 N–H and O–H groups in total. The van der Waals surface area contributed by atoms with Gasteiger partial charge in [-0.05, 0) is 95.3 Å². The number of amides is 1. The standard InChI is InChI=1S/C26H38N2O4/c29-25(17-22-3-2-16-30-22)27-21-8-6-19(7-9-21)10-13-28-14-11-20(12-15-28)23-4-1-5-24-26(23)32-18-31-24/h1,4-5,19-22H,2-3,6-18H2,(H,27,29)/t19?,21?,22-/m1/s1. The van der Waals surface area contributed by atoms with Gasteiger partial charge in [-0.1, -0.05) is 12.1 Å². The van der Waals surface area contributed by atoms with Crippen LogP contribution >= 0.6 is 0 Å². The van der Waals surface area contributed by atoms with Crippen LogP contribution in [0.15, 0.2) is 18.2 Å². The Morgan fingerprint density at radius 3 is 2.66 bits per heavy atom. The number of benzene rings is 1. The summed E-state index contributed by atoms with van der Waals surface area (Å²) in [5, 5.41) is 3.26. The summed E-state index contributed by atoms with van der Waals surface area (Å²) in [6.07, 6.45) is 11.3. The quantitative estimate of drug-likeness (QED) is 0.685. The van der Waals surface area contributed by atoms with E-state index < -0.39 is 0 Å². The van der Waals surface area contributed by atoms with Crippen molar-refractivity contribution in [3.8, 4) is 11.5 Å². The van der Waals surface area contributed by atoms with Crippen molar-refractivity contribution in [2.75, 3.05) is 33.0 Å². The molecule has 1 atom stereocenters. The maximum atomic E-state index is 12.3. The first-order valence-electron chi connectivity index (χ1n) is 12.8. The lowest BCUT2D eigenvalue weighted by Gasteiger charge is -2.34. The Balaban J connectivity index is 0.988. The van der Waals surface area contributed by atoms with Crippen molar-refractivity contribution >= 4 is 5.91 Å². The number of nitrogens with one attached hydrogen (secondary N) is 1. The number of nitrogens with zero attached hydrogens (tertiary/aromatic N) is 1. The Morgan fingerprint density at radius 2 is 1.88 bits per heavy atom. The van der Waals surface area contributed by atoms with Crippen molar-refractivity contribution in [2.45, 2.75) is 82.3 Å². The molecule has 0 radical (unpaired) electrons. The van der Waals surface area contributed by atoms with Crippen LogP contribution < -0.4 is 14.8 Å². The molecule has 3 aliphatic heterocycles. The SMILES string of the molecule is O=C(C[C@H]1CCCO1)NC1CCC(CCN2CCC(c3cccc4c3OCO4)CC2)CC1. The fourth-order valence-corrected chi connectivity index (χ4v) is 6.00. The van der Waals surface area contributed by atoms with E-state index in [0.717, 1.165) is 49.7 Å². The summed E-state index contributed by atoms with van der Waals surface area (Å²) in [7, 11) is 0. The van der Waals surface area contributed by atoms with Crippen LogP contribution in [0.25, 0.3) is 0 Å². The molecule has 0 spiro atoms. The van der Waals surface area contributed by atoms with Gasteiger partial charge >= 0.3 is 0 Å². The second kappa shape index (κ2) is 10.4. The number of carbonyl (C=O) groups excluding carboxylic acids is 1. The highest BCUT2D eigenvalue weighted by atomic mass is 16.7. The first-order chi connectivity index (χ1) is 15.7. The minimum absolute atomic E-state index is 0.152. The zero-order valence-corrected chi connectivity index (χ0v) is 19.2. The number of carbonyl (C=O) groups is 1. The molecule has 1 aromatic carbocycles. The van der Waals surface area contributed by atoms with Crippen LogP contribution in [0.4, 0.5) is 0 Å². The molecule has 32 heavy (non-hydrogen) atoms. The van der Waals surface area contributed by atoms with Gasteiger partial charge in [0.1, 0.15) is 0 Å². The fourth-order valence-electron chi connectivity index (χ4n) is 6.00. The van der Waals surface area contributed by atoms with E-state index in [9.17, 15) is 4.79 Å². The third-order valence-electron chi connectivity index (χ3n) is 7.96. The number of hydrogen-bond acceptors (Lipinski definition) is 5. The summed E-state index contributed by atoms with van der Waals surface area (Å²) >= 11 is 0.